The summed E-state index contributed by atoms with van der Waals surface area (Å²) in [6.45, 7) is 0.448. The predicted octanol–water partition coefficient (Wildman–Crippen LogP) is 2.68. The Morgan fingerprint density at radius 1 is 1.24 bits per heavy atom. The van der Waals surface area contributed by atoms with Crippen molar-refractivity contribution in [2.75, 3.05) is 13.2 Å². The van der Waals surface area contributed by atoms with Crippen LogP contribution in [-0.4, -0.2) is 40.4 Å². The van der Waals surface area contributed by atoms with E-state index in [9.17, 15) is 9.90 Å². The molecule has 1 aliphatic rings. The maximum atomic E-state index is 12.7. The van der Waals surface area contributed by atoms with E-state index in [0.717, 1.165) is 18.4 Å². The van der Waals surface area contributed by atoms with Crippen LogP contribution in [-0.2, 0) is 11.2 Å². The molecule has 0 aliphatic heterocycles. The number of carbonyl (C=O) groups excluding carboxylic acids is 1. The average molecular weight is 307 g/mol. The van der Waals surface area contributed by atoms with Crippen molar-refractivity contribution in [2.45, 2.75) is 49.8 Å². The summed E-state index contributed by atoms with van der Waals surface area (Å²) >= 11 is 4.52. The number of rotatable bonds is 6. The quantitative estimate of drug-likeness (QED) is 0.793. The molecule has 2 rings (SSSR count). The molecule has 3 nitrogen and oxygen atoms in total. The van der Waals surface area contributed by atoms with Gasteiger partial charge >= 0.3 is 0 Å². The number of carbonyl (C=O) groups is 1. The molecule has 0 bridgehead atoms. The first kappa shape index (κ1) is 16.4. The van der Waals surface area contributed by atoms with Crippen LogP contribution in [0.3, 0.4) is 0 Å². The van der Waals surface area contributed by atoms with Crippen molar-refractivity contribution in [3.8, 4) is 0 Å². The monoisotopic (exact) mass is 307 g/mol. The lowest BCUT2D eigenvalue weighted by Crippen LogP contribution is -2.46. The van der Waals surface area contributed by atoms with E-state index in [0.29, 0.717) is 13.0 Å². The molecule has 0 heterocycles. The lowest BCUT2D eigenvalue weighted by Gasteiger charge is -2.35. The van der Waals surface area contributed by atoms with E-state index in [1.54, 1.807) is 0 Å². The number of nitrogens with zero attached hydrogens (tertiary/aromatic N) is 1. The van der Waals surface area contributed by atoms with Gasteiger partial charge in [0.05, 0.1) is 11.9 Å². The molecule has 1 fully saturated rings. The van der Waals surface area contributed by atoms with E-state index in [1.165, 1.54) is 19.3 Å². The van der Waals surface area contributed by atoms with E-state index >= 15 is 0 Å². The fraction of sp³-hybridized carbons (Fsp3) is 0.588. The molecule has 1 amide bonds. The highest BCUT2D eigenvalue weighted by atomic mass is 32.1. The minimum atomic E-state index is -0.333. The molecular weight excluding hydrogens is 282 g/mol. The summed E-state index contributed by atoms with van der Waals surface area (Å²) in [5.74, 6) is 0.0585. The SMILES string of the molecule is O=C(C(S)Cc1ccccc1)N(CCO)C1CCCCC1. The Morgan fingerprint density at radius 3 is 2.52 bits per heavy atom. The van der Waals surface area contributed by atoms with Gasteiger partial charge in [0.1, 0.15) is 0 Å². The van der Waals surface area contributed by atoms with Crippen LogP contribution < -0.4 is 0 Å². The highest BCUT2D eigenvalue weighted by Gasteiger charge is 2.28. The molecule has 1 aromatic rings. The maximum Gasteiger partial charge on any atom is 0.236 e. The van der Waals surface area contributed by atoms with Gasteiger partial charge in [-0.2, -0.15) is 12.6 Å². The molecule has 0 aromatic heterocycles. The van der Waals surface area contributed by atoms with Gasteiger partial charge in [-0.15, -0.1) is 0 Å². The van der Waals surface area contributed by atoms with Gasteiger partial charge in [0, 0.05) is 12.6 Å². The molecule has 1 aromatic carbocycles. The second-order valence-electron chi connectivity index (χ2n) is 5.75. The molecule has 1 unspecified atom stereocenters. The fourth-order valence-corrected chi connectivity index (χ4v) is 3.45. The zero-order valence-corrected chi connectivity index (χ0v) is 13.3. The topological polar surface area (TPSA) is 40.5 Å². The lowest BCUT2D eigenvalue weighted by molar-refractivity contribution is -0.134. The summed E-state index contributed by atoms with van der Waals surface area (Å²) in [4.78, 5) is 14.5. The van der Waals surface area contributed by atoms with E-state index in [2.05, 4.69) is 12.6 Å². The van der Waals surface area contributed by atoms with Crippen molar-refractivity contribution in [3.63, 3.8) is 0 Å². The van der Waals surface area contributed by atoms with Crippen LogP contribution >= 0.6 is 12.6 Å². The average Bonchev–Trinajstić information content (AvgIpc) is 2.53. The third-order valence-corrected chi connectivity index (χ3v) is 4.60. The molecule has 1 saturated carbocycles. The van der Waals surface area contributed by atoms with Gasteiger partial charge < -0.3 is 10.0 Å². The minimum absolute atomic E-state index is 0.0219. The Bertz CT molecular complexity index is 432. The molecule has 0 saturated heterocycles. The summed E-state index contributed by atoms with van der Waals surface area (Å²) < 4.78 is 0. The zero-order chi connectivity index (χ0) is 15.1. The van der Waals surface area contributed by atoms with Crippen LogP contribution in [0.2, 0.25) is 0 Å². The molecule has 1 atom stereocenters. The molecule has 1 N–H and O–H groups in total. The molecule has 0 radical (unpaired) electrons. The van der Waals surface area contributed by atoms with Crippen LogP contribution in [0.1, 0.15) is 37.7 Å². The normalized spacial score (nSPS) is 17.4. The number of benzene rings is 1. The van der Waals surface area contributed by atoms with E-state index < -0.39 is 0 Å². The van der Waals surface area contributed by atoms with Crippen LogP contribution in [0.5, 0.6) is 0 Å². The summed E-state index contributed by atoms with van der Waals surface area (Å²) in [5.41, 5.74) is 1.12. The largest absolute Gasteiger partial charge is 0.395 e. The number of hydrogen-bond acceptors (Lipinski definition) is 3. The minimum Gasteiger partial charge on any atom is -0.395 e. The van der Waals surface area contributed by atoms with Gasteiger partial charge in [-0.25, -0.2) is 0 Å². The summed E-state index contributed by atoms with van der Waals surface area (Å²) in [5, 5.41) is 8.94. The number of hydrogen-bond donors (Lipinski definition) is 2. The van der Waals surface area contributed by atoms with Crippen molar-refractivity contribution in [2.24, 2.45) is 0 Å². The van der Waals surface area contributed by atoms with Crippen LogP contribution in [0.4, 0.5) is 0 Å². The third kappa shape index (κ3) is 4.75. The first-order valence-electron chi connectivity index (χ1n) is 7.85. The summed E-state index contributed by atoms with van der Waals surface area (Å²) in [7, 11) is 0. The van der Waals surface area contributed by atoms with Crippen LogP contribution in [0.15, 0.2) is 30.3 Å². The van der Waals surface area contributed by atoms with E-state index in [-0.39, 0.29) is 23.8 Å². The molecule has 21 heavy (non-hydrogen) atoms. The van der Waals surface area contributed by atoms with Gasteiger partial charge in [0.25, 0.3) is 0 Å². The summed E-state index contributed by atoms with van der Waals surface area (Å²) in [6, 6.07) is 10.3. The van der Waals surface area contributed by atoms with Crippen molar-refractivity contribution in [3.05, 3.63) is 35.9 Å². The standard InChI is InChI=1S/C17H25NO2S/c19-12-11-18(15-9-5-2-6-10-15)17(20)16(21)13-14-7-3-1-4-8-14/h1,3-4,7-8,15-16,19,21H,2,5-6,9-13H2. The van der Waals surface area contributed by atoms with E-state index in [1.807, 2.05) is 35.2 Å². The second kappa shape index (κ2) is 8.44. The second-order valence-corrected chi connectivity index (χ2v) is 6.38. The number of thiol groups is 1. The molecule has 116 valence electrons. The highest BCUT2D eigenvalue weighted by Crippen LogP contribution is 2.24. The Hall–Kier alpha value is -1.00. The fourth-order valence-electron chi connectivity index (χ4n) is 3.09. The van der Waals surface area contributed by atoms with Gasteiger partial charge in [0.15, 0.2) is 0 Å². The Balaban J connectivity index is 1.99. The number of amides is 1. The van der Waals surface area contributed by atoms with Crippen LogP contribution in [0, 0.1) is 0 Å². The molecule has 1 aliphatic carbocycles. The van der Waals surface area contributed by atoms with Crippen LogP contribution in [0.25, 0.3) is 0 Å². The van der Waals surface area contributed by atoms with Gasteiger partial charge in [-0.1, -0.05) is 49.6 Å². The third-order valence-electron chi connectivity index (χ3n) is 4.20. The summed E-state index contributed by atoms with van der Waals surface area (Å²) in [6.07, 6.45) is 6.35. The first-order chi connectivity index (χ1) is 10.2. The highest BCUT2D eigenvalue weighted by molar-refractivity contribution is 7.81. The Labute approximate surface area is 132 Å². The Kier molecular flexibility index (Phi) is 6.58. The molecule has 4 heteroatoms. The maximum absolute atomic E-state index is 12.7. The van der Waals surface area contributed by atoms with Gasteiger partial charge in [-0.05, 0) is 24.8 Å². The molecular formula is C17H25NO2S. The van der Waals surface area contributed by atoms with Crippen molar-refractivity contribution < 1.29 is 9.90 Å². The van der Waals surface area contributed by atoms with Crippen molar-refractivity contribution in [1.82, 2.24) is 4.90 Å². The number of aliphatic hydroxyl groups excluding tert-OH is 1. The Morgan fingerprint density at radius 2 is 1.90 bits per heavy atom. The van der Waals surface area contributed by atoms with Gasteiger partial charge in [0.2, 0.25) is 5.91 Å². The van der Waals surface area contributed by atoms with Gasteiger partial charge in [-0.3, -0.25) is 4.79 Å². The van der Waals surface area contributed by atoms with Crippen molar-refractivity contribution >= 4 is 18.5 Å². The molecule has 0 spiro atoms. The predicted molar refractivity (Wildman–Crippen MR) is 88.6 cm³/mol. The van der Waals surface area contributed by atoms with Crippen molar-refractivity contribution in [1.29, 1.82) is 0 Å². The van der Waals surface area contributed by atoms with E-state index in [4.69, 9.17) is 0 Å². The lowest BCUT2D eigenvalue weighted by atomic mass is 9.93. The number of aliphatic hydroxyl groups is 1. The zero-order valence-electron chi connectivity index (χ0n) is 12.4. The smallest absolute Gasteiger partial charge is 0.236 e. The first-order valence-corrected chi connectivity index (χ1v) is 8.37.